The zero-order chi connectivity index (χ0) is 31.5. The number of aromatic nitrogens is 1. The maximum atomic E-state index is 13.6. The van der Waals surface area contributed by atoms with Gasteiger partial charge in [0.15, 0.2) is 0 Å². The second-order valence-electron chi connectivity index (χ2n) is 11.6. The lowest BCUT2D eigenvalue weighted by molar-refractivity contribution is -0.117. The Morgan fingerprint density at radius 3 is 2.47 bits per heavy atom. The maximum absolute atomic E-state index is 13.6. The molecule has 1 aliphatic heterocycles. The highest BCUT2D eigenvalue weighted by molar-refractivity contribution is 7.21. The summed E-state index contributed by atoms with van der Waals surface area (Å²) in [5, 5.41) is 9.95. The van der Waals surface area contributed by atoms with Crippen LogP contribution in [0, 0.1) is 6.92 Å². The van der Waals surface area contributed by atoms with Crippen LogP contribution in [0.4, 0.5) is 21.9 Å². The Hall–Kier alpha value is -4.74. The Morgan fingerprint density at radius 1 is 1.02 bits per heavy atom. The molecule has 232 valence electrons. The SMILES string of the molecule is Cc1cc(Oc2ccccc2)ccc1N1C(=O)Nc2c(C(=O)N[C@H]3CC[C@@H](NC(=O)/C=C/CN(C)C)CC3)sc3nccc1c23. The van der Waals surface area contributed by atoms with E-state index >= 15 is 0 Å². The van der Waals surface area contributed by atoms with Crippen molar-refractivity contribution in [3.05, 3.63) is 83.4 Å². The third-order valence-electron chi connectivity index (χ3n) is 7.99. The number of carbonyl (C=O) groups is 3. The summed E-state index contributed by atoms with van der Waals surface area (Å²) in [7, 11) is 3.90. The molecule has 0 bridgehead atoms. The van der Waals surface area contributed by atoms with Gasteiger partial charge in [-0.1, -0.05) is 24.3 Å². The Bertz CT molecular complexity index is 1760. The van der Waals surface area contributed by atoms with Crippen LogP contribution in [-0.4, -0.2) is 60.5 Å². The topological polar surface area (TPSA) is 116 Å². The van der Waals surface area contributed by atoms with Gasteiger partial charge in [-0.05, 0) is 88.7 Å². The van der Waals surface area contributed by atoms with Gasteiger partial charge in [0.2, 0.25) is 5.91 Å². The number of carbonyl (C=O) groups excluding carboxylic acids is 3. The number of nitrogens with zero attached hydrogens (tertiary/aromatic N) is 3. The molecule has 4 aromatic rings. The van der Waals surface area contributed by atoms with Crippen LogP contribution in [0.15, 0.2) is 72.9 Å². The Labute approximate surface area is 266 Å². The lowest BCUT2D eigenvalue weighted by atomic mass is 9.91. The van der Waals surface area contributed by atoms with Gasteiger partial charge in [0.1, 0.15) is 21.2 Å². The molecule has 2 aromatic heterocycles. The van der Waals surface area contributed by atoms with Crippen LogP contribution in [-0.2, 0) is 4.79 Å². The number of urea groups is 1. The normalized spacial score (nSPS) is 17.9. The van der Waals surface area contributed by atoms with Crippen LogP contribution in [0.2, 0.25) is 0 Å². The van der Waals surface area contributed by atoms with Gasteiger partial charge in [0.25, 0.3) is 5.91 Å². The lowest BCUT2D eigenvalue weighted by Crippen LogP contribution is -2.43. The first-order valence-corrected chi connectivity index (χ1v) is 15.9. The van der Waals surface area contributed by atoms with Crippen molar-refractivity contribution < 1.29 is 19.1 Å². The van der Waals surface area contributed by atoms with E-state index in [-0.39, 0.29) is 29.9 Å². The van der Waals surface area contributed by atoms with Gasteiger partial charge >= 0.3 is 6.03 Å². The molecule has 0 atom stereocenters. The van der Waals surface area contributed by atoms with Crippen LogP contribution in [0.1, 0.15) is 40.9 Å². The molecule has 2 aliphatic rings. The third kappa shape index (κ3) is 6.69. The first kappa shape index (κ1) is 30.3. The fourth-order valence-corrected chi connectivity index (χ4v) is 6.83. The van der Waals surface area contributed by atoms with Crippen LogP contribution in [0.25, 0.3) is 10.2 Å². The third-order valence-corrected chi connectivity index (χ3v) is 9.09. The van der Waals surface area contributed by atoms with E-state index in [2.05, 4.69) is 20.9 Å². The number of nitrogens with one attached hydrogen (secondary N) is 3. The zero-order valence-electron chi connectivity index (χ0n) is 25.5. The van der Waals surface area contributed by atoms with Crippen LogP contribution in [0.3, 0.4) is 0 Å². The number of thiophene rings is 1. The van der Waals surface area contributed by atoms with Crippen molar-refractivity contribution >= 4 is 56.5 Å². The first-order valence-electron chi connectivity index (χ1n) is 15.1. The zero-order valence-corrected chi connectivity index (χ0v) is 26.3. The minimum absolute atomic E-state index is 0.0187. The Morgan fingerprint density at radius 2 is 1.76 bits per heavy atom. The van der Waals surface area contributed by atoms with Gasteiger partial charge in [-0.25, -0.2) is 9.78 Å². The molecule has 4 amide bonds. The van der Waals surface area contributed by atoms with Crippen molar-refractivity contribution in [2.24, 2.45) is 0 Å². The van der Waals surface area contributed by atoms with E-state index in [9.17, 15) is 14.4 Å². The van der Waals surface area contributed by atoms with Crippen LogP contribution >= 0.6 is 11.3 Å². The summed E-state index contributed by atoms with van der Waals surface area (Å²) in [6.45, 7) is 2.64. The number of amides is 4. The number of pyridine rings is 1. The predicted molar refractivity (Wildman–Crippen MR) is 178 cm³/mol. The van der Waals surface area contributed by atoms with E-state index in [0.29, 0.717) is 39.1 Å². The number of hydrogen-bond donors (Lipinski definition) is 3. The number of hydrogen-bond acceptors (Lipinski definition) is 7. The van der Waals surface area contributed by atoms with Crippen molar-refractivity contribution in [1.29, 1.82) is 0 Å². The summed E-state index contributed by atoms with van der Waals surface area (Å²) in [6, 6.07) is 16.7. The number of anilines is 3. The second-order valence-corrected chi connectivity index (χ2v) is 12.6. The molecule has 0 unspecified atom stereocenters. The molecular formula is C34H36N6O4S. The number of likely N-dealkylation sites (N-methyl/N-ethyl adjacent to an activating group) is 1. The number of para-hydroxylation sites is 1. The van der Waals surface area contributed by atoms with Gasteiger partial charge in [-0.15, -0.1) is 11.3 Å². The summed E-state index contributed by atoms with van der Waals surface area (Å²) >= 11 is 1.27. The second kappa shape index (κ2) is 13.1. The van der Waals surface area contributed by atoms with Gasteiger partial charge in [0.05, 0.1) is 22.4 Å². The molecule has 0 spiro atoms. The van der Waals surface area contributed by atoms with Crippen LogP contribution in [0.5, 0.6) is 11.5 Å². The summed E-state index contributed by atoms with van der Waals surface area (Å²) in [5.41, 5.74) is 2.73. The van der Waals surface area contributed by atoms with E-state index < -0.39 is 0 Å². The highest BCUT2D eigenvalue weighted by Crippen LogP contribution is 2.46. The summed E-state index contributed by atoms with van der Waals surface area (Å²) in [6.07, 6.45) is 8.16. The summed E-state index contributed by atoms with van der Waals surface area (Å²) in [5.74, 6) is 1.08. The fourth-order valence-electron chi connectivity index (χ4n) is 5.80. The molecule has 0 radical (unpaired) electrons. The standard InChI is InChI=1S/C34H36N6O4S/c1-21-20-25(44-24-8-5-4-6-9-24)15-16-26(21)40-27-17-18-35-33-29(27)30(38-34(40)43)31(45-33)32(42)37-23-13-11-22(12-14-23)36-28(41)10-7-19-39(2)3/h4-10,15-18,20,22-23H,11-14,19H2,1-3H3,(H,36,41)(H,37,42)(H,38,43)/b10-7+/t22-,23+. The number of aryl methyl sites for hydroxylation is 1. The number of rotatable bonds is 9. The first-order chi connectivity index (χ1) is 21.8. The fraction of sp³-hybridized carbons (Fsp3) is 0.294. The molecule has 2 aromatic carbocycles. The van der Waals surface area contributed by atoms with Gasteiger partial charge in [-0.2, -0.15) is 0 Å². The van der Waals surface area contributed by atoms with Crippen molar-refractivity contribution in [3.8, 4) is 11.5 Å². The lowest BCUT2D eigenvalue weighted by Gasteiger charge is -2.30. The highest BCUT2D eigenvalue weighted by Gasteiger charge is 2.34. The molecule has 11 heteroatoms. The van der Waals surface area contributed by atoms with E-state index in [1.165, 1.54) is 11.3 Å². The van der Waals surface area contributed by atoms with Crippen molar-refractivity contribution in [3.63, 3.8) is 0 Å². The van der Waals surface area contributed by atoms with Crippen molar-refractivity contribution in [2.75, 3.05) is 30.9 Å². The Balaban J connectivity index is 1.15. The van der Waals surface area contributed by atoms with Gasteiger partial charge in [-0.3, -0.25) is 14.5 Å². The van der Waals surface area contributed by atoms with Crippen LogP contribution < -0.4 is 25.6 Å². The molecular weight excluding hydrogens is 588 g/mol. The molecule has 6 rings (SSSR count). The van der Waals surface area contributed by atoms with E-state index in [1.54, 1.807) is 23.2 Å². The van der Waals surface area contributed by atoms with Crippen molar-refractivity contribution in [1.82, 2.24) is 20.5 Å². The molecule has 3 heterocycles. The smallest absolute Gasteiger partial charge is 0.331 e. The van der Waals surface area contributed by atoms with E-state index in [0.717, 1.165) is 42.4 Å². The van der Waals surface area contributed by atoms with Crippen molar-refractivity contribution in [2.45, 2.75) is 44.7 Å². The number of benzene rings is 2. The quantitative estimate of drug-likeness (QED) is 0.187. The minimum Gasteiger partial charge on any atom is -0.457 e. The van der Waals surface area contributed by atoms with E-state index in [4.69, 9.17) is 4.74 Å². The molecule has 1 aliphatic carbocycles. The predicted octanol–water partition coefficient (Wildman–Crippen LogP) is 6.36. The molecule has 1 fully saturated rings. The number of ether oxygens (including phenoxy) is 1. The van der Waals surface area contributed by atoms with E-state index in [1.807, 2.05) is 80.5 Å². The Kier molecular flexibility index (Phi) is 8.81. The molecule has 1 saturated carbocycles. The largest absolute Gasteiger partial charge is 0.457 e. The monoisotopic (exact) mass is 624 g/mol. The average molecular weight is 625 g/mol. The molecule has 10 nitrogen and oxygen atoms in total. The minimum atomic E-state index is -0.349. The average Bonchev–Trinajstić information content (AvgIpc) is 3.39. The maximum Gasteiger partial charge on any atom is 0.331 e. The molecule has 45 heavy (non-hydrogen) atoms. The summed E-state index contributed by atoms with van der Waals surface area (Å²) in [4.78, 5) is 48.6. The van der Waals surface area contributed by atoms with Gasteiger partial charge < -0.3 is 25.6 Å². The van der Waals surface area contributed by atoms with Gasteiger partial charge in [0, 0.05) is 30.9 Å². The highest BCUT2D eigenvalue weighted by atomic mass is 32.1. The molecule has 0 saturated heterocycles. The summed E-state index contributed by atoms with van der Waals surface area (Å²) < 4.78 is 5.98. The molecule has 3 N–H and O–H groups in total.